The molecule has 0 amide bonds. The van der Waals surface area contributed by atoms with Crippen molar-refractivity contribution in [1.82, 2.24) is 4.57 Å². The Kier molecular flexibility index (Phi) is 4.76. The Hall–Kier alpha value is -1.70. The van der Waals surface area contributed by atoms with Crippen LogP contribution in [-0.4, -0.2) is 13.0 Å². The molecule has 7 heteroatoms. The van der Waals surface area contributed by atoms with Gasteiger partial charge in [-0.25, -0.2) is 0 Å². The summed E-state index contributed by atoms with van der Waals surface area (Å²) < 4.78 is 32.2. The maximum atomic E-state index is 12.5. The van der Waals surface area contributed by atoms with Crippen LogP contribution in [0.1, 0.15) is 25.3 Å². The molecule has 24 heavy (non-hydrogen) atoms. The monoisotopic (exact) mass is 378 g/mol. The van der Waals surface area contributed by atoms with E-state index >= 15 is 0 Å². The van der Waals surface area contributed by atoms with Gasteiger partial charge in [-0.15, -0.1) is 22.3 Å². The summed E-state index contributed by atoms with van der Waals surface area (Å²) in [7, 11) is -3.69. The topological polar surface area (TPSA) is 51.4 Å². The number of benzene rings is 1. The summed E-state index contributed by atoms with van der Waals surface area (Å²) in [6, 6.07) is 9.51. The molecule has 4 nitrogen and oxygen atoms in total. The Morgan fingerprint density at radius 3 is 2.75 bits per heavy atom. The molecule has 0 N–H and O–H groups in total. The van der Waals surface area contributed by atoms with Gasteiger partial charge in [0.25, 0.3) is 10.0 Å². The van der Waals surface area contributed by atoms with Gasteiger partial charge < -0.3 is 4.57 Å². The molecule has 0 fully saturated rings. The Balaban J connectivity index is 2.25. The molecule has 0 aliphatic rings. The van der Waals surface area contributed by atoms with E-state index < -0.39 is 10.0 Å². The summed E-state index contributed by atoms with van der Waals surface area (Å²) >= 11 is 2.57. The van der Waals surface area contributed by atoms with Gasteiger partial charge in [-0.1, -0.05) is 43.4 Å². The quantitative estimate of drug-likeness (QED) is 0.619. The number of nitrogens with zero attached hydrogens (tertiary/aromatic N) is 2. The first kappa shape index (κ1) is 17.1. The van der Waals surface area contributed by atoms with Crippen molar-refractivity contribution in [3.05, 3.63) is 58.7 Å². The average Bonchev–Trinajstić information content (AvgIpc) is 3.16. The van der Waals surface area contributed by atoms with E-state index in [0.717, 1.165) is 10.2 Å². The summed E-state index contributed by atoms with van der Waals surface area (Å²) in [4.78, 5) is 0.471. The van der Waals surface area contributed by atoms with Crippen LogP contribution in [0.2, 0.25) is 0 Å². The molecule has 0 saturated carbocycles. The lowest BCUT2D eigenvalue weighted by Gasteiger charge is -2.05. The van der Waals surface area contributed by atoms with Gasteiger partial charge in [-0.05, 0) is 35.1 Å². The van der Waals surface area contributed by atoms with Gasteiger partial charge >= 0.3 is 0 Å². The van der Waals surface area contributed by atoms with E-state index in [1.54, 1.807) is 23.6 Å². The van der Waals surface area contributed by atoms with Crippen LogP contribution < -0.4 is 4.80 Å². The number of rotatable bonds is 5. The van der Waals surface area contributed by atoms with Crippen LogP contribution in [0.4, 0.5) is 0 Å². The standard InChI is InChI=1S/C17H18N2O2S3/c1-4-9-19-14-8-7-13(12(2)3)11-15(14)23-17(19)18-24(20,21)16-6-5-10-22-16/h4-8,10-12H,1,9H2,2-3H3. The Morgan fingerprint density at radius 1 is 1.33 bits per heavy atom. The molecule has 3 aromatic rings. The highest BCUT2D eigenvalue weighted by atomic mass is 32.2. The molecular weight excluding hydrogens is 360 g/mol. The van der Waals surface area contributed by atoms with Crippen LogP contribution in [0.5, 0.6) is 0 Å². The van der Waals surface area contributed by atoms with Gasteiger partial charge in [0.05, 0.1) is 10.2 Å². The third-order valence-corrected chi connectivity index (χ3v) is 7.43. The second kappa shape index (κ2) is 6.66. The van der Waals surface area contributed by atoms with Gasteiger partial charge in [0.1, 0.15) is 4.21 Å². The predicted octanol–water partition coefficient (Wildman–Crippen LogP) is 4.36. The molecule has 0 radical (unpaired) electrons. The largest absolute Gasteiger partial charge is 0.312 e. The fourth-order valence-corrected chi connectivity index (χ4v) is 5.64. The first-order chi connectivity index (χ1) is 11.4. The second-order valence-corrected chi connectivity index (χ2v) is 9.45. The van der Waals surface area contributed by atoms with E-state index in [2.05, 4.69) is 37.0 Å². The molecule has 0 atom stereocenters. The van der Waals surface area contributed by atoms with Crippen LogP contribution >= 0.6 is 22.7 Å². The van der Waals surface area contributed by atoms with E-state index in [4.69, 9.17) is 0 Å². The summed E-state index contributed by atoms with van der Waals surface area (Å²) in [6.45, 7) is 8.56. The lowest BCUT2D eigenvalue weighted by Crippen LogP contribution is -2.16. The third kappa shape index (κ3) is 3.24. The number of allylic oxidation sites excluding steroid dienone is 1. The molecular formula is C17H18N2O2S3. The minimum atomic E-state index is -3.69. The van der Waals surface area contributed by atoms with Crippen LogP contribution in [0.25, 0.3) is 10.2 Å². The SMILES string of the molecule is C=CCn1c(=NS(=O)(=O)c2cccs2)sc2cc(C(C)C)ccc21. The second-order valence-electron chi connectivity index (χ2n) is 5.66. The van der Waals surface area contributed by atoms with Gasteiger partial charge in [0, 0.05) is 6.54 Å². The number of thiophene rings is 1. The summed E-state index contributed by atoms with van der Waals surface area (Å²) in [6.07, 6.45) is 1.75. The normalized spacial score (nSPS) is 13.0. The maximum Gasteiger partial charge on any atom is 0.294 e. The minimum Gasteiger partial charge on any atom is -0.312 e. The van der Waals surface area contributed by atoms with Gasteiger partial charge in [-0.2, -0.15) is 8.42 Å². The van der Waals surface area contributed by atoms with E-state index in [-0.39, 0.29) is 4.21 Å². The molecule has 2 aromatic heterocycles. The number of thiazole rings is 1. The number of fused-ring (bicyclic) bond motifs is 1. The van der Waals surface area contributed by atoms with Crippen LogP contribution in [0.15, 0.2) is 57.0 Å². The van der Waals surface area contributed by atoms with E-state index in [9.17, 15) is 8.42 Å². The lowest BCUT2D eigenvalue weighted by molar-refractivity contribution is 0.598. The Morgan fingerprint density at radius 2 is 2.12 bits per heavy atom. The summed E-state index contributed by atoms with van der Waals surface area (Å²) in [5, 5.41) is 1.74. The zero-order chi connectivity index (χ0) is 17.3. The fourth-order valence-electron chi connectivity index (χ4n) is 2.38. The molecule has 1 aromatic carbocycles. The van der Waals surface area contributed by atoms with Crippen molar-refractivity contribution in [3.63, 3.8) is 0 Å². The van der Waals surface area contributed by atoms with E-state index in [1.165, 1.54) is 28.2 Å². The third-order valence-electron chi connectivity index (χ3n) is 3.63. The first-order valence-electron chi connectivity index (χ1n) is 7.51. The lowest BCUT2D eigenvalue weighted by atomic mass is 10.0. The number of sulfonamides is 1. The molecule has 0 aliphatic carbocycles. The number of aromatic nitrogens is 1. The van der Waals surface area contributed by atoms with Crippen molar-refractivity contribution < 1.29 is 8.42 Å². The minimum absolute atomic E-state index is 0.257. The highest BCUT2D eigenvalue weighted by molar-refractivity contribution is 7.92. The molecule has 2 heterocycles. The zero-order valence-electron chi connectivity index (χ0n) is 13.5. The van der Waals surface area contributed by atoms with E-state index in [1.807, 2.05) is 10.6 Å². The van der Waals surface area contributed by atoms with Gasteiger partial charge in [-0.3, -0.25) is 0 Å². The van der Waals surface area contributed by atoms with Gasteiger partial charge in [0.2, 0.25) is 4.80 Å². The average molecular weight is 379 g/mol. The van der Waals surface area contributed by atoms with Crippen molar-refractivity contribution in [1.29, 1.82) is 0 Å². The van der Waals surface area contributed by atoms with E-state index in [0.29, 0.717) is 17.3 Å². The highest BCUT2D eigenvalue weighted by Gasteiger charge is 2.15. The van der Waals surface area contributed by atoms with Crippen molar-refractivity contribution in [2.75, 3.05) is 0 Å². The molecule has 126 valence electrons. The highest BCUT2D eigenvalue weighted by Crippen LogP contribution is 2.24. The molecule has 0 spiro atoms. The van der Waals surface area contributed by atoms with Crippen molar-refractivity contribution in [2.45, 2.75) is 30.5 Å². The fraction of sp³-hybridized carbons (Fsp3) is 0.235. The van der Waals surface area contributed by atoms with Crippen molar-refractivity contribution in [2.24, 2.45) is 4.40 Å². The molecule has 0 bridgehead atoms. The van der Waals surface area contributed by atoms with Gasteiger partial charge in [0.15, 0.2) is 0 Å². The number of hydrogen-bond donors (Lipinski definition) is 0. The Labute approximate surface area is 149 Å². The van der Waals surface area contributed by atoms with Crippen LogP contribution in [0.3, 0.4) is 0 Å². The zero-order valence-corrected chi connectivity index (χ0v) is 15.9. The molecule has 3 rings (SSSR count). The molecule has 0 unspecified atom stereocenters. The first-order valence-corrected chi connectivity index (χ1v) is 10.6. The predicted molar refractivity (Wildman–Crippen MR) is 101 cm³/mol. The van der Waals surface area contributed by atoms with Crippen LogP contribution in [0, 0.1) is 0 Å². The smallest absolute Gasteiger partial charge is 0.294 e. The maximum absolute atomic E-state index is 12.5. The van der Waals surface area contributed by atoms with Crippen LogP contribution in [-0.2, 0) is 16.6 Å². The molecule has 0 aliphatic heterocycles. The summed E-state index contributed by atoms with van der Waals surface area (Å²) in [5.74, 6) is 0.416. The Bertz CT molecular complexity index is 1040. The summed E-state index contributed by atoms with van der Waals surface area (Å²) in [5.41, 5.74) is 2.20. The molecule has 0 saturated heterocycles. The van der Waals surface area contributed by atoms with Crippen molar-refractivity contribution >= 4 is 42.9 Å². The van der Waals surface area contributed by atoms with Crippen molar-refractivity contribution in [3.8, 4) is 0 Å². The number of hydrogen-bond acceptors (Lipinski definition) is 4.